The molecule has 2 heterocycles. The maximum atomic E-state index is 15.2. The number of nitrogens with two attached hydrogens (primary N) is 1. The van der Waals surface area contributed by atoms with E-state index in [1.165, 1.54) is 12.3 Å². The monoisotopic (exact) mass is 387 g/mol. The molecule has 142 valence electrons. The molecule has 1 aliphatic carbocycles. The second-order valence-corrected chi connectivity index (χ2v) is 6.81. The summed E-state index contributed by atoms with van der Waals surface area (Å²) in [5.41, 5.74) is 6.30. The molecule has 1 aromatic carbocycles. The number of nitrogens with zero attached hydrogens (tertiary/aromatic N) is 2. The fraction of sp³-hybridized carbons (Fsp3) is 0.471. The van der Waals surface area contributed by atoms with Crippen molar-refractivity contribution in [2.24, 2.45) is 11.7 Å². The van der Waals surface area contributed by atoms with Gasteiger partial charge in [0.15, 0.2) is 5.82 Å². The minimum Gasteiger partial charge on any atom is -0.449 e. The summed E-state index contributed by atoms with van der Waals surface area (Å²) in [7, 11) is 0. The van der Waals surface area contributed by atoms with Gasteiger partial charge in [-0.2, -0.15) is 0 Å². The molecule has 0 radical (unpaired) electrons. The van der Waals surface area contributed by atoms with Crippen LogP contribution in [0, 0.1) is 17.6 Å². The molecule has 3 aliphatic rings. The molecule has 26 heavy (non-hydrogen) atoms. The van der Waals surface area contributed by atoms with Crippen molar-refractivity contribution in [2.45, 2.75) is 25.3 Å². The first kappa shape index (κ1) is 18.7. The first-order valence-electron chi connectivity index (χ1n) is 8.33. The Bertz CT molecular complexity index is 764. The van der Waals surface area contributed by atoms with Gasteiger partial charge in [0, 0.05) is 37.7 Å². The highest BCUT2D eigenvalue weighted by Gasteiger charge is 2.38. The second kappa shape index (κ2) is 6.92. The highest BCUT2D eigenvalue weighted by atomic mass is 35.5. The van der Waals surface area contributed by atoms with E-state index in [1.54, 1.807) is 9.80 Å². The van der Waals surface area contributed by atoms with Gasteiger partial charge in [-0.1, -0.05) is 0 Å². The van der Waals surface area contributed by atoms with Crippen molar-refractivity contribution >= 4 is 29.9 Å². The van der Waals surface area contributed by atoms with Crippen LogP contribution in [0.25, 0.3) is 0 Å². The van der Waals surface area contributed by atoms with E-state index in [0.29, 0.717) is 30.9 Å². The van der Waals surface area contributed by atoms with Gasteiger partial charge in [0.25, 0.3) is 0 Å². The summed E-state index contributed by atoms with van der Waals surface area (Å²) < 4.78 is 34.5. The van der Waals surface area contributed by atoms with Gasteiger partial charge in [0.1, 0.15) is 17.3 Å². The Balaban J connectivity index is 0.00000196. The van der Waals surface area contributed by atoms with E-state index in [-0.39, 0.29) is 42.2 Å². The number of allylic oxidation sites excluding steroid dienone is 1. The number of anilines is 2. The summed E-state index contributed by atoms with van der Waals surface area (Å²) in [6.07, 6.45) is 1.89. The van der Waals surface area contributed by atoms with Crippen LogP contribution in [0.5, 0.6) is 0 Å². The van der Waals surface area contributed by atoms with Gasteiger partial charge in [-0.05, 0) is 31.0 Å². The highest BCUT2D eigenvalue weighted by molar-refractivity contribution is 5.85. The lowest BCUT2D eigenvalue weighted by atomic mass is 9.96. The zero-order valence-electron chi connectivity index (χ0n) is 14.0. The number of hydrogen-bond donors (Lipinski definition) is 2. The van der Waals surface area contributed by atoms with Crippen molar-refractivity contribution in [2.75, 3.05) is 29.4 Å². The molecular weight excluding hydrogens is 368 g/mol. The standard InChI is InChI=1S/C17H19F2N3O3.ClH/c18-13-4-10-3-12(25-17(23)24)8-22(11-1-2-11)15(10)14(19)16(13)21-6-9(5-20)7-21;/h4,8-9,11H,1-3,5-7,20H2,(H,23,24);1H. The van der Waals surface area contributed by atoms with Gasteiger partial charge in [0.2, 0.25) is 0 Å². The third kappa shape index (κ3) is 3.19. The van der Waals surface area contributed by atoms with E-state index in [1.807, 2.05) is 0 Å². The molecule has 4 rings (SSSR count). The van der Waals surface area contributed by atoms with Crippen LogP contribution in [0.1, 0.15) is 18.4 Å². The summed E-state index contributed by atoms with van der Waals surface area (Å²) in [6.45, 7) is 1.57. The summed E-state index contributed by atoms with van der Waals surface area (Å²) in [6, 6.07) is 1.38. The number of fused-ring (bicyclic) bond motifs is 1. The fourth-order valence-electron chi connectivity index (χ4n) is 3.52. The average molecular weight is 388 g/mol. The van der Waals surface area contributed by atoms with Gasteiger partial charge in [-0.25, -0.2) is 13.6 Å². The van der Waals surface area contributed by atoms with Crippen molar-refractivity contribution in [3.05, 3.63) is 35.2 Å². The SMILES string of the molecule is Cl.NCC1CN(c2c(F)cc3c(c2F)N(C2CC2)C=C(OC(=O)O)C3)C1. The predicted molar refractivity (Wildman–Crippen MR) is 94.8 cm³/mol. The van der Waals surface area contributed by atoms with Gasteiger partial charge in [-0.3, -0.25) is 0 Å². The number of benzene rings is 1. The third-order valence-electron chi connectivity index (χ3n) is 4.92. The average Bonchev–Trinajstić information content (AvgIpc) is 3.32. The molecule has 1 saturated carbocycles. The van der Waals surface area contributed by atoms with Gasteiger partial charge in [-0.15, -0.1) is 12.4 Å². The number of halogens is 3. The first-order valence-corrected chi connectivity index (χ1v) is 8.33. The Morgan fingerprint density at radius 2 is 2.00 bits per heavy atom. The molecule has 0 unspecified atom stereocenters. The Morgan fingerprint density at radius 3 is 2.58 bits per heavy atom. The molecular formula is C17H20ClF2N3O3. The summed E-state index contributed by atoms with van der Waals surface area (Å²) in [5.74, 6) is -0.808. The van der Waals surface area contributed by atoms with Gasteiger partial charge >= 0.3 is 6.16 Å². The number of ether oxygens (including phenoxy) is 1. The van der Waals surface area contributed by atoms with Crippen LogP contribution >= 0.6 is 12.4 Å². The largest absolute Gasteiger partial charge is 0.511 e. The van der Waals surface area contributed by atoms with Gasteiger partial charge in [0.05, 0.1) is 5.69 Å². The lowest BCUT2D eigenvalue weighted by Gasteiger charge is -2.41. The topological polar surface area (TPSA) is 79.0 Å². The van der Waals surface area contributed by atoms with Crippen molar-refractivity contribution in [3.8, 4) is 0 Å². The van der Waals surface area contributed by atoms with Crippen LogP contribution in [-0.4, -0.2) is 36.9 Å². The molecule has 0 aromatic heterocycles. The van der Waals surface area contributed by atoms with E-state index in [9.17, 15) is 9.18 Å². The Morgan fingerprint density at radius 1 is 1.31 bits per heavy atom. The maximum Gasteiger partial charge on any atom is 0.511 e. The van der Waals surface area contributed by atoms with Crippen LogP contribution in [0.4, 0.5) is 25.0 Å². The first-order chi connectivity index (χ1) is 12.0. The third-order valence-corrected chi connectivity index (χ3v) is 4.92. The maximum absolute atomic E-state index is 15.2. The zero-order chi connectivity index (χ0) is 17.7. The normalized spacial score (nSPS) is 19.3. The lowest BCUT2D eigenvalue weighted by molar-refractivity contribution is 0.116. The molecule has 0 bridgehead atoms. The van der Waals surface area contributed by atoms with Crippen LogP contribution in [-0.2, 0) is 11.2 Å². The van der Waals surface area contributed by atoms with Gasteiger partial charge < -0.3 is 25.4 Å². The van der Waals surface area contributed by atoms with Crippen molar-refractivity contribution in [1.29, 1.82) is 0 Å². The van der Waals surface area contributed by atoms with Crippen LogP contribution in [0.2, 0.25) is 0 Å². The van der Waals surface area contributed by atoms with Crippen LogP contribution in [0.15, 0.2) is 18.0 Å². The molecule has 0 amide bonds. The smallest absolute Gasteiger partial charge is 0.449 e. The summed E-state index contributed by atoms with van der Waals surface area (Å²) in [5, 5.41) is 8.82. The van der Waals surface area contributed by atoms with E-state index in [2.05, 4.69) is 0 Å². The van der Waals surface area contributed by atoms with E-state index in [0.717, 1.165) is 12.8 Å². The van der Waals surface area contributed by atoms with Crippen molar-refractivity contribution in [1.82, 2.24) is 0 Å². The molecule has 6 nitrogen and oxygen atoms in total. The quantitative estimate of drug-likeness (QED) is 0.773. The molecule has 1 saturated heterocycles. The molecule has 0 spiro atoms. The minimum atomic E-state index is -1.43. The number of carbonyl (C=O) groups is 1. The second-order valence-electron chi connectivity index (χ2n) is 6.81. The van der Waals surface area contributed by atoms with E-state index >= 15 is 4.39 Å². The minimum absolute atomic E-state index is 0. The van der Waals surface area contributed by atoms with Crippen LogP contribution < -0.4 is 15.5 Å². The molecule has 2 aliphatic heterocycles. The predicted octanol–water partition coefficient (Wildman–Crippen LogP) is 2.84. The summed E-state index contributed by atoms with van der Waals surface area (Å²) in [4.78, 5) is 14.2. The molecule has 9 heteroatoms. The van der Waals surface area contributed by atoms with Crippen molar-refractivity contribution in [3.63, 3.8) is 0 Å². The fourth-order valence-corrected chi connectivity index (χ4v) is 3.52. The lowest BCUT2D eigenvalue weighted by Crippen LogP contribution is -2.50. The Kier molecular flexibility index (Phi) is 4.98. The number of hydrogen-bond acceptors (Lipinski definition) is 5. The zero-order valence-corrected chi connectivity index (χ0v) is 14.8. The van der Waals surface area contributed by atoms with E-state index in [4.69, 9.17) is 15.6 Å². The molecule has 0 atom stereocenters. The number of rotatable bonds is 4. The van der Waals surface area contributed by atoms with Crippen LogP contribution in [0.3, 0.4) is 0 Å². The molecule has 3 N–H and O–H groups in total. The highest BCUT2D eigenvalue weighted by Crippen LogP contribution is 2.44. The molecule has 1 aromatic rings. The molecule has 2 fully saturated rings. The van der Waals surface area contributed by atoms with E-state index < -0.39 is 17.8 Å². The number of carboxylic acid groups (broad SMARTS) is 1. The summed E-state index contributed by atoms with van der Waals surface area (Å²) >= 11 is 0. The Labute approximate surface area is 155 Å². The van der Waals surface area contributed by atoms with Crippen molar-refractivity contribution < 1.29 is 23.4 Å². The Hall–Kier alpha value is -2.06.